The Morgan fingerprint density at radius 2 is 1.76 bits per heavy atom. The van der Waals surface area contributed by atoms with Gasteiger partial charge in [-0.1, -0.05) is 46.9 Å². The van der Waals surface area contributed by atoms with Crippen LogP contribution in [-0.4, -0.2) is 12.5 Å². The molecule has 3 nitrogen and oxygen atoms in total. The number of rotatable bonds is 4. The average molecular weight is 456 g/mol. The number of hydrogen-bond donors (Lipinski definition) is 1. The van der Waals surface area contributed by atoms with Crippen LogP contribution >= 0.6 is 57.4 Å². The van der Waals surface area contributed by atoms with E-state index in [1.165, 1.54) is 12.1 Å². The van der Waals surface area contributed by atoms with Crippen LogP contribution in [-0.2, 0) is 4.79 Å². The van der Waals surface area contributed by atoms with Crippen molar-refractivity contribution in [3.8, 4) is 5.75 Å². The zero-order valence-electron chi connectivity index (χ0n) is 10.5. The molecule has 0 fully saturated rings. The third-order valence-electron chi connectivity index (χ3n) is 2.47. The molecule has 0 aliphatic rings. The van der Waals surface area contributed by atoms with Crippen LogP contribution in [0.5, 0.6) is 5.75 Å². The van der Waals surface area contributed by atoms with E-state index in [0.29, 0.717) is 16.5 Å². The first-order chi connectivity index (χ1) is 9.97. The van der Waals surface area contributed by atoms with Crippen LogP contribution in [0, 0.1) is 3.57 Å². The molecule has 2 aromatic carbocycles. The summed E-state index contributed by atoms with van der Waals surface area (Å²) in [5, 5.41) is 3.55. The number of nitrogens with one attached hydrogen (secondary N) is 1. The third kappa shape index (κ3) is 4.64. The number of halogens is 4. The molecule has 7 heteroatoms. The Balaban J connectivity index is 2.01. The van der Waals surface area contributed by atoms with Crippen molar-refractivity contribution in [1.82, 2.24) is 0 Å². The van der Waals surface area contributed by atoms with Gasteiger partial charge in [-0.15, -0.1) is 0 Å². The average Bonchev–Trinajstić information content (AvgIpc) is 2.42. The second kappa shape index (κ2) is 7.54. The molecule has 110 valence electrons. The number of hydrogen-bond acceptors (Lipinski definition) is 2. The molecule has 0 aromatic heterocycles. The van der Waals surface area contributed by atoms with Crippen molar-refractivity contribution in [1.29, 1.82) is 0 Å². The first kappa shape index (κ1) is 16.7. The van der Waals surface area contributed by atoms with Crippen LogP contribution in [0.1, 0.15) is 0 Å². The maximum absolute atomic E-state index is 11.9. The molecule has 0 saturated carbocycles. The molecule has 0 aliphatic carbocycles. The van der Waals surface area contributed by atoms with E-state index in [1.54, 1.807) is 6.07 Å². The number of amides is 1. The Bertz CT molecular complexity index is 656. The van der Waals surface area contributed by atoms with Crippen molar-refractivity contribution in [2.45, 2.75) is 0 Å². The maximum atomic E-state index is 11.9. The van der Waals surface area contributed by atoms with Gasteiger partial charge in [-0.05, 0) is 46.9 Å². The van der Waals surface area contributed by atoms with E-state index in [9.17, 15) is 4.79 Å². The van der Waals surface area contributed by atoms with Gasteiger partial charge in [0.15, 0.2) is 6.61 Å². The second-order valence-electron chi connectivity index (χ2n) is 4.01. The van der Waals surface area contributed by atoms with Crippen LogP contribution in [0.15, 0.2) is 36.4 Å². The topological polar surface area (TPSA) is 38.3 Å². The molecule has 0 saturated heterocycles. The van der Waals surface area contributed by atoms with Crippen LogP contribution < -0.4 is 10.1 Å². The minimum absolute atomic E-state index is 0.144. The van der Waals surface area contributed by atoms with E-state index in [2.05, 4.69) is 27.9 Å². The third-order valence-corrected chi connectivity index (χ3v) is 4.17. The molecule has 0 unspecified atom stereocenters. The van der Waals surface area contributed by atoms with E-state index >= 15 is 0 Å². The SMILES string of the molecule is O=C(COc1ccccc1I)Nc1c(Cl)cc(Cl)cc1Cl. The lowest BCUT2D eigenvalue weighted by Gasteiger charge is -2.11. The normalized spacial score (nSPS) is 10.3. The molecule has 1 N–H and O–H groups in total. The number of para-hydroxylation sites is 1. The summed E-state index contributed by atoms with van der Waals surface area (Å²) in [4.78, 5) is 11.9. The van der Waals surface area contributed by atoms with Gasteiger partial charge in [0.25, 0.3) is 5.91 Å². The Morgan fingerprint density at radius 3 is 2.38 bits per heavy atom. The number of ether oxygens (including phenoxy) is 1. The molecule has 21 heavy (non-hydrogen) atoms. The molecule has 0 spiro atoms. The van der Waals surface area contributed by atoms with Crippen LogP contribution in [0.3, 0.4) is 0 Å². The molecular formula is C14H9Cl3INO2. The molecule has 0 heterocycles. The molecule has 0 radical (unpaired) electrons. The molecule has 0 aliphatic heterocycles. The Labute approximate surface area is 150 Å². The van der Waals surface area contributed by atoms with Crippen molar-refractivity contribution in [2.24, 2.45) is 0 Å². The fraction of sp³-hybridized carbons (Fsp3) is 0.0714. The van der Waals surface area contributed by atoms with Crippen molar-refractivity contribution < 1.29 is 9.53 Å². The fourth-order valence-corrected chi connectivity index (χ4v) is 3.00. The monoisotopic (exact) mass is 455 g/mol. The van der Waals surface area contributed by atoms with E-state index < -0.39 is 0 Å². The van der Waals surface area contributed by atoms with Gasteiger partial charge in [0.05, 0.1) is 19.3 Å². The number of carbonyl (C=O) groups excluding carboxylic acids is 1. The second-order valence-corrected chi connectivity index (χ2v) is 6.42. The predicted octanol–water partition coefficient (Wildman–Crippen LogP) is 5.27. The zero-order chi connectivity index (χ0) is 15.4. The molecule has 2 rings (SSSR count). The van der Waals surface area contributed by atoms with Crippen molar-refractivity contribution in [3.63, 3.8) is 0 Å². The van der Waals surface area contributed by atoms with Crippen LogP contribution in [0.25, 0.3) is 0 Å². The molecule has 1 amide bonds. The molecule has 2 aromatic rings. The molecule has 0 atom stereocenters. The van der Waals surface area contributed by atoms with Crippen molar-refractivity contribution in [2.75, 3.05) is 11.9 Å². The minimum Gasteiger partial charge on any atom is -0.483 e. The minimum atomic E-state index is -0.360. The fourth-order valence-electron chi connectivity index (χ4n) is 1.54. The number of benzene rings is 2. The Morgan fingerprint density at radius 1 is 1.14 bits per heavy atom. The highest BCUT2D eigenvalue weighted by atomic mass is 127. The van der Waals surface area contributed by atoms with Gasteiger partial charge in [-0.2, -0.15) is 0 Å². The number of carbonyl (C=O) groups is 1. The smallest absolute Gasteiger partial charge is 0.262 e. The van der Waals surface area contributed by atoms with E-state index in [1.807, 2.05) is 18.2 Å². The summed E-state index contributed by atoms with van der Waals surface area (Å²) in [6.45, 7) is -0.144. The van der Waals surface area contributed by atoms with Crippen molar-refractivity contribution in [3.05, 3.63) is 55.0 Å². The summed E-state index contributed by atoms with van der Waals surface area (Å²) < 4.78 is 6.36. The highest BCUT2D eigenvalue weighted by molar-refractivity contribution is 14.1. The van der Waals surface area contributed by atoms with Gasteiger partial charge < -0.3 is 10.1 Å². The Kier molecular flexibility index (Phi) is 5.98. The first-order valence-electron chi connectivity index (χ1n) is 5.79. The highest BCUT2D eigenvalue weighted by Gasteiger charge is 2.12. The Hall–Kier alpha value is -0.690. The number of anilines is 1. The predicted molar refractivity (Wildman–Crippen MR) is 94.8 cm³/mol. The largest absolute Gasteiger partial charge is 0.483 e. The van der Waals surface area contributed by atoms with Gasteiger partial charge in [-0.3, -0.25) is 4.79 Å². The van der Waals surface area contributed by atoms with Crippen molar-refractivity contribution >= 4 is 69.0 Å². The van der Waals surface area contributed by atoms with E-state index in [0.717, 1.165) is 3.57 Å². The molecule has 0 bridgehead atoms. The lowest BCUT2D eigenvalue weighted by atomic mass is 10.3. The van der Waals surface area contributed by atoms with Crippen LogP contribution in [0.2, 0.25) is 15.1 Å². The van der Waals surface area contributed by atoms with E-state index in [-0.39, 0.29) is 22.6 Å². The lowest BCUT2D eigenvalue weighted by molar-refractivity contribution is -0.118. The summed E-state index contributed by atoms with van der Waals surface area (Å²) >= 11 is 19.9. The van der Waals surface area contributed by atoms with Gasteiger partial charge >= 0.3 is 0 Å². The van der Waals surface area contributed by atoms with Gasteiger partial charge in [0, 0.05) is 5.02 Å². The summed E-state index contributed by atoms with van der Waals surface area (Å²) in [5.41, 5.74) is 0.319. The van der Waals surface area contributed by atoms with Gasteiger partial charge in [-0.25, -0.2) is 0 Å². The van der Waals surface area contributed by atoms with Gasteiger partial charge in [0.2, 0.25) is 0 Å². The van der Waals surface area contributed by atoms with E-state index in [4.69, 9.17) is 39.5 Å². The first-order valence-corrected chi connectivity index (χ1v) is 8.00. The quantitative estimate of drug-likeness (QED) is 0.637. The summed E-state index contributed by atoms with van der Waals surface area (Å²) in [5.74, 6) is 0.280. The lowest BCUT2D eigenvalue weighted by Crippen LogP contribution is -2.20. The summed E-state index contributed by atoms with van der Waals surface area (Å²) in [6, 6.07) is 10.4. The van der Waals surface area contributed by atoms with Crippen LogP contribution in [0.4, 0.5) is 5.69 Å². The zero-order valence-corrected chi connectivity index (χ0v) is 14.9. The summed E-state index contributed by atoms with van der Waals surface area (Å²) in [7, 11) is 0. The van der Waals surface area contributed by atoms with Gasteiger partial charge in [0.1, 0.15) is 5.75 Å². The standard InChI is InChI=1S/C14H9Cl3INO2/c15-8-5-9(16)14(10(17)6-8)19-13(20)7-21-12-4-2-1-3-11(12)18/h1-6H,7H2,(H,19,20). The molecular weight excluding hydrogens is 447 g/mol. The highest BCUT2D eigenvalue weighted by Crippen LogP contribution is 2.33. The summed E-state index contributed by atoms with van der Waals surface area (Å²) in [6.07, 6.45) is 0. The maximum Gasteiger partial charge on any atom is 0.262 e.